The molecule has 0 saturated heterocycles. The lowest BCUT2D eigenvalue weighted by atomic mass is 9.86. The summed E-state index contributed by atoms with van der Waals surface area (Å²) in [7, 11) is 0. The Morgan fingerprint density at radius 3 is 3.03 bits per heavy atom. The van der Waals surface area contributed by atoms with Crippen molar-refractivity contribution in [1.82, 2.24) is 10.3 Å². The Morgan fingerprint density at radius 2 is 2.16 bits per heavy atom. The first-order chi connectivity index (χ1) is 15.8. The third kappa shape index (κ3) is 5.47. The van der Waals surface area contributed by atoms with E-state index in [9.17, 15) is 0 Å². The number of rotatable bonds is 8. The van der Waals surface area contributed by atoms with Gasteiger partial charge in [0.2, 0.25) is 0 Å². The van der Waals surface area contributed by atoms with Gasteiger partial charge in [-0.05, 0) is 42.6 Å². The van der Waals surface area contributed by atoms with Crippen molar-refractivity contribution in [3.63, 3.8) is 0 Å². The average molecular weight is 425 g/mol. The van der Waals surface area contributed by atoms with Gasteiger partial charge in [-0.15, -0.1) is 0 Å². The highest BCUT2D eigenvalue weighted by Gasteiger charge is 2.24. The van der Waals surface area contributed by atoms with Gasteiger partial charge in [-0.1, -0.05) is 80.3 Å². The van der Waals surface area contributed by atoms with Crippen LogP contribution in [0.2, 0.25) is 0 Å². The van der Waals surface area contributed by atoms with Crippen molar-refractivity contribution < 1.29 is 4.42 Å². The van der Waals surface area contributed by atoms with E-state index in [0.29, 0.717) is 12.3 Å². The first-order valence-electron chi connectivity index (χ1n) is 11.6. The van der Waals surface area contributed by atoms with Gasteiger partial charge in [0.15, 0.2) is 5.89 Å². The standard InChI is InChI=1S/C29H32N2O/c1-3-5-6-7-8-13-16-29-31-27(28(4-2)32-29)21-25-20-24-19-23(17-18-26(24)30-25)22-14-11-9-10-12-15-22/h3,5-6,8-11,13-15,17-18,21,23,30H,1,4,7,12,16,19-20H2,2H3/b6-5?,13-8-,25-21+. The zero-order valence-electron chi connectivity index (χ0n) is 18.9. The molecule has 0 aromatic carbocycles. The lowest BCUT2D eigenvalue weighted by molar-refractivity contribution is 0.469. The summed E-state index contributed by atoms with van der Waals surface area (Å²) in [6.07, 6.45) is 33.3. The molecule has 3 aliphatic rings. The van der Waals surface area contributed by atoms with Crippen LogP contribution in [0.15, 0.2) is 106 Å². The van der Waals surface area contributed by atoms with E-state index in [1.165, 1.54) is 22.5 Å². The maximum atomic E-state index is 6.01. The van der Waals surface area contributed by atoms with Crippen molar-refractivity contribution in [2.75, 3.05) is 0 Å². The highest BCUT2D eigenvalue weighted by atomic mass is 16.4. The Hall–Kier alpha value is -3.33. The van der Waals surface area contributed by atoms with Crippen molar-refractivity contribution in [1.29, 1.82) is 0 Å². The van der Waals surface area contributed by atoms with Crippen LogP contribution in [-0.4, -0.2) is 4.98 Å². The molecular formula is C29H32N2O. The predicted octanol–water partition coefficient (Wildman–Crippen LogP) is 7.07. The zero-order chi connectivity index (χ0) is 22.2. The Balaban J connectivity index is 1.40. The monoisotopic (exact) mass is 424 g/mol. The molecule has 1 aliphatic heterocycles. The predicted molar refractivity (Wildman–Crippen MR) is 134 cm³/mol. The van der Waals surface area contributed by atoms with Gasteiger partial charge >= 0.3 is 0 Å². The topological polar surface area (TPSA) is 38.1 Å². The third-order valence-electron chi connectivity index (χ3n) is 5.90. The first-order valence-corrected chi connectivity index (χ1v) is 11.6. The lowest BCUT2D eigenvalue weighted by Crippen LogP contribution is -2.09. The highest BCUT2D eigenvalue weighted by molar-refractivity contribution is 5.56. The minimum absolute atomic E-state index is 0.462. The summed E-state index contributed by atoms with van der Waals surface area (Å²) >= 11 is 0. The Bertz CT molecular complexity index is 1080. The number of aromatic nitrogens is 1. The van der Waals surface area contributed by atoms with E-state index in [1.54, 1.807) is 6.08 Å². The summed E-state index contributed by atoms with van der Waals surface area (Å²) in [5.41, 5.74) is 6.30. The van der Waals surface area contributed by atoms with Crippen molar-refractivity contribution in [3.8, 4) is 0 Å². The van der Waals surface area contributed by atoms with Gasteiger partial charge in [0.25, 0.3) is 0 Å². The normalized spacial score (nSPS) is 21.5. The maximum absolute atomic E-state index is 6.01. The second kappa shape index (κ2) is 10.8. The van der Waals surface area contributed by atoms with E-state index in [2.05, 4.69) is 85.7 Å². The number of oxazole rings is 1. The third-order valence-corrected chi connectivity index (χ3v) is 5.90. The average Bonchev–Trinajstić information content (AvgIpc) is 3.27. The summed E-state index contributed by atoms with van der Waals surface area (Å²) in [5, 5.41) is 3.60. The van der Waals surface area contributed by atoms with Gasteiger partial charge in [-0.2, -0.15) is 0 Å². The molecule has 0 spiro atoms. The van der Waals surface area contributed by atoms with Gasteiger partial charge in [-0.3, -0.25) is 0 Å². The van der Waals surface area contributed by atoms with Crippen LogP contribution in [-0.2, 0) is 12.8 Å². The molecule has 1 unspecified atom stereocenters. The van der Waals surface area contributed by atoms with Crippen molar-refractivity contribution in [3.05, 3.63) is 119 Å². The summed E-state index contributed by atoms with van der Waals surface area (Å²) in [6.45, 7) is 5.80. The molecule has 32 heavy (non-hydrogen) atoms. The lowest BCUT2D eigenvalue weighted by Gasteiger charge is -2.19. The van der Waals surface area contributed by atoms with Crippen LogP contribution in [0.3, 0.4) is 0 Å². The molecule has 2 aliphatic carbocycles. The minimum atomic E-state index is 0.462. The summed E-state index contributed by atoms with van der Waals surface area (Å²) < 4.78 is 6.01. The Morgan fingerprint density at radius 1 is 1.22 bits per heavy atom. The molecule has 1 aromatic heterocycles. The molecule has 164 valence electrons. The first kappa shape index (κ1) is 21.9. The Kier molecular flexibility index (Phi) is 7.39. The molecule has 1 N–H and O–H groups in total. The van der Waals surface area contributed by atoms with Crippen molar-refractivity contribution in [2.45, 2.75) is 45.4 Å². The van der Waals surface area contributed by atoms with Gasteiger partial charge in [0.05, 0.1) is 0 Å². The van der Waals surface area contributed by atoms with E-state index < -0.39 is 0 Å². The fraction of sp³-hybridized carbons (Fsp3) is 0.276. The fourth-order valence-corrected chi connectivity index (χ4v) is 4.27. The van der Waals surface area contributed by atoms with E-state index in [4.69, 9.17) is 9.40 Å². The second-order valence-corrected chi connectivity index (χ2v) is 8.23. The fourth-order valence-electron chi connectivity index (χ4n) is 4.27. The number of nitrogens with one attached hydrogen (secondary N) is 1. The summed E-state index contributed by atoms with van der Waals surface area (Å²) in [4.78, 5) is 4.76. The summed E-state index contributed by atoms with van der Waals surface area (Å²) in [5.74, 6) is 2.19. The largest absolute Gasteiger partial charge is 0.445 e. The van der Waals surface area contributed by atoms with E-state index in [1.807, 2.05) is 6.08 Å². The minimum Gasteiger partial charge on any atom is -0.445 e. The number of hydrogen-bond acceptors (Lipinski definition) is 3. The van der Waals surface area contributed by atoms with Crippen LogP contribution in [0.5, 0.6) is 0 Å². The van der Waals surface area contributed by atoms with Crippen LogP contribution in [0.4, 0.5) is 0 Å². The molecule has 1 atom stereocenters. The summed E-state index contributed by atoms with van der Waals surface area (Å²) in [6, 6.07) is 0. The molecule has 4 rings (SSSR count). The smallest absolute Gasteiger partial charge is 0.198 e. The number of allylic oxidation sites excluding steroid dienone is 14. The highest BCUT2D eigenvalue weighted by Crippen LogP contribution is 2.36. The van der Waals surface area contributed by atoms with Crippen LogP contribution in [0.1, 0.15) is 50.0 Å². The maximum Gasteiger partial charge on any atom is 0.198 e. The van der Waals surface area contributed by atoms with Gasteiger partial charge in [-0.25, -0.2) is 4.98 Å². The van der Waals surface area contributed by atoms with E-state index >= 15 is 0 Å². The van der Waals surface area contributed by atoms with Crippen LogP contribution < -0.4 is 5.32 Å². The molecule has 0 saturated carbocycles. The van der Waals surface area contributed by atoms with E-state index in [-0.39, 0.29) is 0 Å². The number of nitrogens with zero attached hydrogens (tertiary/aromatic N) is 1. The van der Waals surface area contributed by atoms with Crippen molar-refractivity contribution in [2.24, 2.45) is 5.92 Å². The quantitative estimate of drug-likeness (QED) is 0.358. The molecule has 2 heterocycles. The van der Waals surface area contributed by atoms with Gasteiger partial charge in [0, 0.05) is 36.6 Å². The van der Waals surface area contributed by atoms with Gasteiger partial charge < -0.3 is 9.73 Å². The molecular weight excluding hydrogens is 392 g/mol. The van der Waals surface area contributed by atoms with Gasteiger partial charge in [0.1, 0.15) is 11.5 Å². The molecule has 3 heteroatoms. The molecule has 0 bridgehead atoms. The molecule has 0 radical (unpaired) electrons. The second-order valence-electron chi connectivity index (χ2n) is 8.23. The van der Waals surface area contributed by atoms with Crippen LogP contribution in [0, 0.1) is 5.92 Å². The molecule has 3 nitrogen and oxygen atoms in total. The molecule has 1 aromatic rings. The molecule has 0 fully saturated rings. The van der Waals surface area contributed by atoms with Crippen LogP contribution in [0.25, 0.3) is 6.08 Å². The van der Waals surface area contributed by atoms with Crippen LogP contribution >= 0.6 is 0 Å². The molecule has 0 amide bonds. The van der Waals surface area contributed by atoms with E-state index in [0.717, 1.165) is 49.4 Å². The SMILES string of the molecule is C=CC=CC/C=C\Cc1nc(/C=C2\CC3=C(C=CC(C4=CCC=CC=C4)C3)N2)c(CC)o1. The zero-order valence-corrected chi connectivity index (χ0v) is 18.9. The Labute approximate surface area is 191 Å². The van der Waals surface area contributed by atoms with Crippen molar-refractivity contribution >= 4 is 6.08 Å². The number of aryl methyl sites for hydroxylation is 1. The number of hydrogen-bond donors (Lipinski definition) is 1.